The Hall–Kier alpha value is -3.03. The van der Waals surface area contributed by atoms with Crippen LogP contribution in [0.1, 0.15) is 5.89 Å². The lowest BCUT2D eigenvalue weighted by atomic mass is 10.2. The molecular formula is C12H9N5O3. The van der Waals surface area contributed by atoms with Crippen molar-refractivity contribution in [2.75, 3.05) is 0 Å². The summed E-state index contributed by atoms with van der Waals surface area (Å²) in [6, 6.07) is 5.98. The van der Waals surface area contributed by atoms with Crippen LogP contribution in [0.15, 0.2) is 47.5 Å². The number of nitro groups is 1. The molecule has 0 aliphatic carbocycles. The standard InChI is InChI=1S/C12H9N5O3/c18-17(19)10-3-1-9(2-4-10)12-14-11(20-15-12)7-16-6-5-13-8-16/h1-6,8H,7H2. The Balaban J connectivity index is 1.80. The van der Waals surface area contributed by atoms with E-state index in [9.17, 15) is 10.1 Å². The lowest BCUT2D eigenvalue weighted by Gasteiger charge is -1.94. The van der Waals surface area contributed by atoms with Gasteiger partial charge < -0.3 is 9.09 Å². The first-order valence-electron chi connectivity index (χ1n) is 5.75. The molecule has 8 nitrogen and oxygen atoms in total. The summed E-state index contributed by atoms with van der Waals surface area (Å²) in [5, 5.41) is 14.4. The highest BCUT2D eigenvalue weighted by atomic mass is 16.6. The number of non-ortho nitro benzene ring substituents is 1. The largest absolute Gasteiger partial charge is 0.337 e. The van der Waals surface area contributed by atoms with Gasteiger partial charge in [0.15, 0.2) is 0 Å². The number of hydrogen-bond donors (Lipinski definition) is 0. The molecule has 3 aromatic rings. The quantitative estimate of drug-likeness (QED) is 0.530. The summed E-state index contributed by atoms with van der Waals surface area (Å²) < 4.78 is 6.93. The van der Waals surface area contributed by atoms with Crippen molar-refractivity contribution < 1.29 is 9.45 Å². The molecule has 20 heavy (non-hydrogen) atoms. The van der Waals surface area contributed by atoms with Crippen LogP contribution in [0.5, 0.6) is 0 Å². The average molecular weight is 271 g/mol. The van der Waals surface area contributed by atoms with E-state index in [1.165, 1.54) is 12.1 Å². The van der Waals surface area contributed by atoms with E-state index >= 15 is 0 Å². The molecule has 0 spiro atoms. The Kier molecular flexibility index (Phi) is 2.96. The highest BCUT2D eigenvalue weighted by Crippen LogP contribution is 2.19. The van der Waals surface area contributed by atoms with Crippen LogP contribution in [-0.2, 0) is 6.54 Å². The van der Waals surface area contributed by atoms with Crippen molar-refractivity contribution in [3.05, 3.63) is 59.0 Å². The fraction of sp³-hybridized carbons (Fsp3) is 0.0833. The van der Waals surface area contributed by atoms with E-state index in [1.807, 2.05) is 0 Å². The zero-order valence-corrected chi connectivity index (χ0v) is 10.2. The van der Waals surface area contributed by atoms with Crippen molar-refractivity contribution in [3.63, 3.8) is 0 Å². The molecule has 0 bridgehead atoms. The van der Waals surface area contributed by atoms with Gasteiger partial charge in [-0.15, -0.1) is 0 Å². The van der Waals surface area contributed by atoms with Gasteiger partial charge in [0.25, 0.3) is 5.69 Å². The van der Waals surface area contributed by atoms with E-state index in [0.29, 0.717) is 23.8 Å². The number of nitro benzene ring substituents is 1. The summed E-state index contributed by atoms with van der Waals surface area (Å²) in [5.41, 5.74) is 0.687. The van der Waals surface area contributed by atoms with Crippen LogP contribution in [0.4, 0.5) is 5.69 Å². The third kappa shape index (κ3) is 2.39. The van der Waals surface area contributed by atoms with Crippen molar-refractivity contribution in [1.82, 2.24) is 19.7 Å². The predicted molar refractivity (Wildman–Crippen MR) is 67.7 cm³/mol. The molecule has 0 saturated carbocycles. The number of benzene rings is 1. The van der Waals surface area contributed by atoms with Crippen LogP contribution in [0.25, 0.3) is 11.4 Å². The van der Waals surface area contributed by atoms with E-state index in [-0.39, 0.29) is 5.69 Å². The molecule has 0 unspecified atom stereocenters. The van der Waals surface area contributed by atoms with Gasteiger partial charge in [-0.3, -0.25) is 10.1 Å². The van der Waals surface area contributed by atoms with E-state index < -0.39 is 4.92 Å². The number of imidazole rings is 1. The Morgan fingerprint density at radius 3 is 2.75 bits per heavy atom. The minimum Gasteiger partial charge on any atom is -0.337 e. The van der Waals surface area contributed by atoms with Crippen molar-refractivity contribution in [2.45, 2.75) is 6.54 Å². The Morgan fingerprint density at radius 2 is 2.10 bits per heavy atom. The molecule has 0 amide bonds. The van der Waals surface area contributed by atoms with Crippen molar-refractivity contribution in [1.29, 1.82) is 0 Å². The highest BCUT2D eigenvalue weighted by Gasteiger charge is 2.11. The van der Waals surface area contributed by atoms with Gasteiger partial charge in [0.05, 0.1) is 11.3 Å². The molecular weight excluding hydrogens is 262 g/mol. The first-order valence-corrected chi connectivity index (χ1v) is 5.75. The summed E-state index contributed by atoms with van der Waals surface area (Å²) in [7, 11) is 0. The van der Waals surface area contributed by atoms with E-state index in [4.69, 9.17) is 4.52 Å². The highest BCUT2D eigenvalue weighted by molar-refractivity contribution is 5.56. The van der Waals surface area contributed by atoms with Crippen LogP contribution < -0.4 is 0 Å². The van der Waals surface area contributed by atoms with Gasteiger partial charge in [-0.25, -0.2) is 4.98 Å². The molecule has 2 heterocycles. The predicted octanol–water partition coefficient (Wildman–Crippen LogP) is 1.89. The maximum absolute atomic E-state index is 10.6. The SMILES string of the molecule is O=[N+]([O-])c1ccc(-c2noc(Cn3ccnc3)n2)cc1. The first-order chi connectivity index (χ1) is 9.72. The minimum absolute atomic E-state index is 0.0240. The average Bonchev–Trinajstić information content (AvgIpc) is 3.11. The summed E-state index contributed by atoms with van der Waals surface area (Å²) in [4.78, 5) is 18.3. The number of hydrogen-bond acceptors (Lipinski definition) is 6. The number of rotatable bonds is 4. The van der Waals surface area contributed by atoms with Gasteiger partial charge in [-0.05, 0) is 12.1 Å². The van der Waals surface area contributed by atoms with Crippen LogP contribution in [0, 0.1) is 10.1 Å². The van der Waals surface area contributed by atoms with Crippen LogP contribution in [0.3, 0.4) is 0 Å². The summed E-state index contributed by atoms with van der Waals surface area (Å²) in [5.74, 6) is 0.839. The van der Waals surface area contributed by atoms with Crippen LogP contribution in [-0.4, -0.2) is 24.6 Å². The Bertz CT molecular complexity index is 718. The molecule has 3 rings (SSSR count). The van der Waals surface area contributed by atoms with Gasteiger partial charge in [-0.2, -0.15) is 4.98 Å². The van der Waals surface area contributed by atoms with Crippen LogP contribution in [0.2, 0.25) is 0 Å². The second kappa shape index (κ2) is 4.92. The summed E-state index contributed by atoms with van der Waals surface area (Å²) in [6.07, 6.45) is 5.10. The molecule has 0 radical (unpaired) electrons. The Morgan fingerprint density at radius 1 is 1.30 bits per heavy atom. The van der Waals surface area contributed by atoms with E-state index in [0.717, 1.165) is 0 Å². The van der Waals surface area contributed by atoms with Crippen LogP contribution >= 0.6 is 0 Å². The molecule has 0 aliphatic rings. The fourth-order valence-electron chi connectivity index (χ4n) is 1.71. The molecule has 0 saturated heterocycles. The fourth-order valence-corrected chi connectivity index (χ4v) is 1.71. The van der Waals surface area contributed by atoms with Crippen molar-refractivity contribution in [3.8, 4) is 11.4 Å². The normalized spacial score (nSPS) is 10.6. The summed E-state index contributed by atoms with van der Waals surface area (Å²) >= 11 is 0. The van der Waals surface area contributed by atoms with Gasteiger partial charge in [0.1, 0.15) is 6.54 Å². The molecule has 0 N–H and O–H groups in total. The van der Waals surface area contributed by atoms with Gasteiger partial charge in [0, 0.05) is 30.1 Å². The van der Waals surface area contributed by atoms with Gasteiger partial charge in [-0.1, -0.05) is 5.16 Å². The minimum atomic E-state index is -0.454. The zero-order valence-electron chi connectivity index (χ0n) is 10.2. The third-order valence-corrected chi connectivity index (χ3v) is 2.68. The molecule has 0 atom stereocenters. The molecule has 0 fully saturated rings. The molecule has 0 aliphatic heterocycles. The zero-order chi connectivity index (χ0) is 13.9. The third-order valence-electron chi connectivity index (χ3n) is 2.68. The lowest BCUT2D eigenvalue weighted by molar-refractivity contribution is -0.384. The second-order valence-electron chi connectivity index (χ2n) is 4.05. The van der Waals surface area contributed by atoms with Crippen molar-refractivity contribution >= 4 is 5.69 Å². The molecule has 1 aromatic carbocycles. The molecule has 100 valence electrons. The maximum Gasteiger partial charge on any atom is 0.269 e. The summed E-state index contributed by atoms with van der Waals surface area (Å²) in [6.45, 7) is 0.431. The molecule has 2 aromatic heterocycles. The smallest absolute Gasteiger partial charge is 0.269 e. The maximum atomic E-state index is 10.6. The number of nitrogens with zero attached hydrogens (tertiary/aromatic N) is 5. The lowest BCUT2D eigenvalue weighted by Crippen LogP contribution is -1.96. The molecule has 8 heteroatoms. The van der Waals surface area contributed by atoms with E-state index in [1.54, 1.807) is 35.4 Å². The van der Waals surface area contributed by atoms with Gasteiger partial charge in [0.2, 0.25) is 11.7 Å². The van der Waals surface area contributed by atoms with Gasteiger partial charge >= 0.3 is 0 Å². The monoisotopic (exact) mass is 271 g/mol. The topological polar surface area (TPSA) is 99.9 Å². The number of aromatic nitrogens is 4. The van der Waals surface area contributed by atoms with Crippen molar-refractivity contribution in [2.24, 2.45) is 0 Å². The first kappa shape index (κ1) is 12.0. The Labute approximate surface area is 112 Å². The second-order valence-corrected chi connectivity index (χ2v) is 4.05. The van der Waals surface area contributed by atoms with E-state index in [2.05, 4.69) is 15.1 Å².